The van der Waals surface area contributed by atoms with Gasteiger partial charge in [-0.05, 0) is 55.0 Å². The summed E-state index contributed by atoms with van der Waals surface area (Å²) in [5.74, 6) is 0.284. The molecule has 1 aliphatic heterocycles. The van der Waals surface area contributed by atoms with Crippen LogP contribution in [0.25, 0.3) is 22.2 Å². The first-order valence-electron chi connectivity index (χ1n) is 10.5. The van der Waals surface area contributed by atoms with Crippen molar-refractivity contribution in [2.45, 2.75) is 12.5 Å². The monoisotopic (exact) mass is 462 g/mol. The number of carbonyl (C=O) groups excluding carboxylic acids is 1. The molecule has 0 unspecified atom stereocenters. The van der Waals surface area contributed by atoms with E-state index in [0.29, 0.717) is 5.75 Å². The van der Waals surface area contributed by atoms with Crippen molar-refractivity contribution in [3.8, 4) is 22.8 Å². The highest BCUT2D eigenvalue weighted by atomic mass is 35.5. The van der Waals surface area contributed by atoms with E-state index >= 15 is 0 Å². The molecule has 0 saturated carbocycles. The van der Waals surface area contributed by atoms with Crippen molar-refractivity contribution in [1.82, 2.24) is 19.7 Å². The maximum atomic E-state index is 13.7. The first kappa shape index (κ1) is 21.2. The Morgan fingerprint density at radius 2 is 2.00 bits per heavy atom. The van der Waals surface area contributed by atoms with E-state index in [0.717, 1.165) is 48.0 Å². The van der Waals surface area contributed by atoms with Gasteiger partial charge in [0, 0.05) is 42.6 Å². The lowest BCUT2D eigenvalue weighted by Crippen LogP contribution is -2.17. The standard InChI is InChI=1S/C25H20ClFN4O2/c26-24-21(27)3-1-4-23(24)33-19-7-5-17(6-8-19)25-20-15-28-11-9-22(20)29-31(25)18-10-13-30(16-18)12-2-14-32/h1-9,11-12,14-15,18H,10,13,16H2/t18-/m1/s1. The van der Waals surface area contributed by atoms with Crippen LogP contribution in [0.15, 0.2) is 73.2 Å². The second-order valence-electron chi connectivity index (χ2n) is 7.78. The molecule has 0 aliphatic carbocycles. The minimum Gasteiger partial charge on any atom is -0.456 e. The van der Waals surface area contributed by atoms with Crippen LogP contribution >= 0.6 is 11.6 Å². The molecule has 6 nitrogen and oxygen atoms in total. The van der Waals surface area contributed by atoms with E-state index in [1.165, 1.54) is 12.1 Å². The van der Waals surface area contributed by atoms with E-state index in [1.807, 2.05) is 42.7 Å². The smallest absolute Gasteiger partial charge is 0.149 e. The highest BCUT2D eigenvalue weighted by Gasteiger charge is 2.26. The van der Waals surface area contributed by atoms with Crippen molar-refractivity contribution < 1.29 is 13.9 Å². The number of carbonyl (C=O) groups is 1. The normalized spacial score (nSPS) is 16.1. The van der Waals surface area contributed by atoms with Crippen molar-refractivity contribution in [1.29, 1.82) is 0 Å². The van der Waals surface area contributed by atoms with E-state index in [-0.39, 0.29) is 16.8 Å². The van der Waals surface area contributed by atoms with Crippen LogP contribution in [0.4, 0.5) is 4.39 Å². The number of ether oxygens (including phenoxy) is 1. The minimum absolute atomic E-state index is 0.0499. The molecule has 2 aromatic heterocycles. The second-order valence-corrected chi connectivity index (χ2v) is 8.16. The third-order valence-corrected chi connectivity index (χ3v) is 6.05. The second kappa shape index (κ2) is 9.03. The number of aldehydes is 1. The van der Waals surface area contributed by atoms with Crippen LogP contribution in [0.2, 0.25) is 5.02 Å². The fraction of sp³-hybridized carbons (Fsp3) is 0.160. The van der Waals surface area contributed by atoms with Crippen molar-refractivity contribution in [2.75, 3.05) is 13.1 Å². The van der Waals surface area contributed by atoms with Gasteiger partial charge in [0.1, 0.15) is 28.6 Å². The summed E-state index contributed by atoms with van der Waals surface area (Å²) in [7, 11) is 0. The maximum Gasteiger partial charge on any atom is 0.149 e. The van der Waals surface area contributed by atoms with Gasteiger partial charge in [-0.2, -0.15) is 5.10 Å². The zero-order chi connectivity index (χ0) is 22.8. The van der Waals surface area contributed by atoms with Crippen molar-refractivity contribution in [3.63, 3.8) is 0 Å². The molecule has 1 atom stereocenters. The number of pyridine rings is 1. The number of fused-ring (bicyclic) bond motifs is 1. The maximum absolute atomic E-state index is 13.7. The van der Waals surface area contributed by atoms with E-state index in [2.05, 4.69) is 14.6 Å². The number of halogens is 2. The molecule has 166 valence electrons. The van der Waals surface area contributed by atoms with Crippen LogP contribution in [0.5, 0.6) is 11.5 Å². The molecular formula is C25H20ClFN4O2. The molecule has 4 aromatic rings. The Labute approximate surface area is 194 Å². The first-order valence-corrected chi connectivity index (χ1v) is 10.9. The molecule has 0 amide bonds. The minimum atomic E-state index is -0.526. The summed E-state index contributed by atoms with van der Waals surface area (Å²) in [6, 6.07) is 14.1. The first-order chi connectivity index (χ1) is 16.1. The quantitative estimate of drug-likeness (QED) is 0.274. The summed E-state index contributed by atoms with van der Waals surface area (Å²) in [4.78, 5) is 17.1. The average molecular weight is 463 g/mol. The predicted molar refractivity (Wildman–Crippen MR) is 125 cm³/mol. The van der Waals surface area contributed by atoms with Crippen LogP contribution in [0.3, 0.4) is 0 Å². The van der Waals surface area contributed by atoms with E-state index in [9.17, 15) is 9.18 Å². The Bertz CT molecular complexity index is 1340. The van der Waals surface area contributed by atoms with Crippen LogP contribution in [-0.2, 0) is 4.79 Å². The number of rotatable bonds is 6. The number of likely N-dealkylation sites (tertiary alicyclic amines) is 1. The van der Waals surface area contributed by atoms with Gasteiger partial charge in [0.05, 0.1) is 17.3 Å². The van der Waals surface area contributed by atoms with Crippen LogP contribution in [-0.4, -0.2) is 39.0 Å². The van der Waals surface area contributed by atoms with Crippen molar-refractivity contribution in [3.05, 3.63) is 84.0 Å². The number of hydrogen-bond donors (Lipinski definition) is 0. The number of hydrogen-bond acceptors (Lipinski definition) is 5. The Morgan fingerprint density at radius 1 is 1.15 bits per heavy atom. The molecule has 3 heterocycles. The Morgan fingerprint density at radius 3 is 2.82 bits per heavy atom. The number of nitrogens with zero attached hydrogens (tertiary/aromatic N) is 4. The molecular weight excluding hydrogens is 443 g/mol. The van der Waals surface area contributed by atoms with Crippen LogP contribution in [0.1, 0.15) is 12.5 Å². The van der Waals surface area contributed by atoms with Gasteiger partial charge in [-0.1, -0.05) is 17.7 Å². The molecule has 1 aliphatic rings. The molecule has 8 heteroatoms. The van der Waals surface area contributed by atoms with Crippen molar-refractivity contribution >= 4 is 28.8 Å². The molecule has 1 fully saturated rings. The Kier molecular flexibility index (Phi) is 5.79. The summed E-state index contributed by atoms with van der Waals surface area (Å²) >= 11 is 6.01. The highest BCUT2D eigenvalue weighted by Crippen LogP contribution is 2.36. The Balaban J connectivity index is 1.48. The molecule has 0 N–H and O–H groups in total. The fourth-order valence-electron chi connectivity index (χ4n) is 4.13. The van der Waals surface area contributed by atoms with E-state index in [4.69, 9.17) is 21.4 Å². The fourth-order valence-corrected chi connectivity index (χ4v) is 4.29. The lowest BCUT2D eigenvalue weighted by atomic mass is 10.1. The van der Waals surface area contributed by atoms with E-state index < -0.39 is 5.82 Å². The van der Waals surface area contributed by atoms with Gasteiger partial charge in [0.15, 0.2) is 0 Å². The Hall–Kier alpha value is -3.71. The number of allylic oxidation sites excluding steroid dienone is 1. The van der Waals surface area contributed by atoms with Crippen molar-refractivity contribution in [2.24, 2.45) is 0 Å². The summed E-state index contributed by atoms with van der Waals surface area (Å²) < 4.78 is 21.6. The molecule has 0 radical (unpaired) electrons. The topological polar surface area (TPSA) is 60.2 Å². The molecule has 0 spiro atoms. The molecule has 5 rings (SSSR count). The summed E-state index contributed by atoms with van der Waals surface area (Å²) in [5, 5.41) is 5.77. The van der Waals surface area contributed by atoms with Gasteiger partial charge < -0.3 is 9.64 Å². The molecule has 1 saturated heterocycles. The predicted octanol–water partition coefficient (Wildman–Crippen LogP) is 5.64. The summed E-state index contributed by atoms with van der Waals surface area (Å²) in [6.07, 6.45) is 8.59. The lowest BCUT2D eigenvalue weighted by Gasteiger charge is -2.16. The van der Waals surface area contributed by atoms with Gasteiger partial charge in [0.25, 0.3) is 0 Å². The number of aromatic nitrogens is 3. The molecule has 33 heavy (non-hydrogen) atoms. The van der Waals surface area contributed by atoms with Gasteiger partial charge in [-0.25, -0.2) is 4.39 Å². The SMILES string of the molecule is O=CC=CN1CC[C@@H](n2nc3ccncc3c2-c2ccc(Oc3cccc(F)c3Cl)cc2)C1. The van der Waals surface area contributed by atoms with Gasteiger partial charge >= 0.3 is 0 Å². The summed E-state index contributed by atoms with van der Waals surface area (Å²) in [5.41, 5.74) is 2.80. The highest BCUT2D eigenvalue weighted by molar-refractivity contribution is 6.32. The van der Waals surface area contributed by atoms with Gasteiger partial charge in [-0.15, -0.1) is 0 Å². The van der Waals surface area contributed by atoms with Gasteiger partial charge in [0.2, 0.25) is 0 Å². The van der Waals surface area contributed by atoms with Gasteiger partial charge in [-0.3, -0.25) is 14.5 Å². The third kappa shape index (κ3) is 4.19. The van der Waals surface area contributed by atoms with Crippen LogP contribution in [0, 0.1) is 5.82 Å². The zero-order valence-electron chi connectivity index (χ0n) is 17.6. The van der Waals surface area contributed by atoms with E-state index in [1.54, 1.807) is 18.3 Å². The lowest BCUT2D eigenvalue weighted by molar-refractivity contribution is -0.104. The molecule has 0 bridgehead atoms. The zero-order valence-corrected chi connectivity index (χ0v) is 18.3. The third-order valence-electron chi connectivity index (χ3n) is 5.69. The number of benzene rings is 2. The largest absolute Gasteiger partial charge is 0.456 e. The average Bonchev–Trinajstić information content (AvgIpc) is 3.46. The molecule has 2 aromatic carbocycles. The summed E-state index contributed by atoms with van der Waals surface area (Å²) in [6.45, 7) is 1.61. The van der Waals surface area contributed by atoms with Crippen LogP contribution < -0.4 is 4.74 Å².